The second-order valence-electron chi connectivity index (χ2n) is 5.86. The number of nitrogens with one attached hydrogen (secondary N) is 2. The molecule has 5 nitrogen and oxygen atoms in total. The van der Waals surface area contributed by atoms with E-state index in [1.807, 2.05) is 55.5 Å². The van der Waals surface area contributed by atoms with Crippen molar-refractivity contribution in [2.75, 3.05) is 5.32 Å². The fourth-order valence-electron chi connectivity index (χ4n) is 2.76. The number of benzene rings is 3. The van der Waals surface area contributed by atoms with E-state index in [2.05, 4.69) is 19.4 Å². The molecule has 0 bridgehead atoms. The molecule has 2 N–H and O–H groups in total. The molecule has 0 aliphatic heterocycles. The molecule has 3 aromatic carbocycles. The van der Waals surface area contributed by atoms with Gasteiger partial charge in [0.1, 0.15) is 11.0 Å². The first-order valence-electron chi connectivity index (χ1n) is 7.95. The highest BCUT2D eigenvalue weighted by atomic mass is 32.1. The molecule has 1 aromatic heterocycles. The minimum atomic E-state index is -0.255. The third kappa shape index (κ3) is 3.14. The maximum Gasteiger partial charge on any atom is 0.257 e. The van der Waals surface area contributed by atoms with Crippen LogP contribution >= 0.6 is 23.9 Å². The molecule has 0 atom stereocenters. The molecule has 4 aromatic rings. The normalized spacial score (nSPS) is 10.8. The number of fused-ring (bicyclic) bond motifs is 2. The summed E-state index contributed by atoms with van der Waals surface area (Å²) < 4.78 is 8.52. The summed E-state index contributed by atoms with van der Waals surface area (Å²) in [5.74, 6) is -0.255. The summed E-state index contributed by atoms with van der Waals surface area (Å²) in [7, 11) is 0. The van der Waals surface area contributed by atoms with Gasteiger partial charge in [0.15, 0.2) is 5.11 Å². The van der Waals surface area contributed by atoms with Gasteiger partial charge in [0, 0.05) is 5.56 Å². The molecule has 0 spiro atoms. The van der Waals surface area contributed by atoms with Crippen LogP contribution in [-0.2, 0) is 0 Å². The SMILES string of the molecule is Cc1ccc2nsnc2c1NC(=S)NC(=O)c1ccc2ccccc2c1. The highest BCUT2D eigenvalue weighted by Crippen LogP contribution is 2.25. The average Bonchev–Trinajstić information content (AvgIpc) is 3.12. The minimum absolute atomic E-state index is 0.228. The zero-order chi connectivity index (χ0) is 18.1. The Kier molecular flexibility index (Phi) is 4.32. The van der Waals surface area contributed by atoms with E-state index in [0.717, 1.165) is 44.8 Å². The second-order valence-corrected chi connectivity index (χ2v) is 6.80. The molecule has 0 saturated carbocycles. The van der Waals surface area contributed by atoms with Crippen LogP contribution in [0.25, 0.3) is 21.8 Å². The molecule has 0 aliphatic carbocycles. The number of nitrogens with zero attached hydrogens (tertiary/aromatic N) is 2. The summed E-state index contributed by atoms with van der Waals surface area (Å²) in [6, 6.07) is 17.3. The summed E-state index contributed by atoms with van der Waals surface area (Å²) in [6.45, 7) is 1.95. The van der Waals surface area contributed by atoms with Gasteiger partial charge in [-0.25, -0.2) is 0 Å². The van der Waals surface area contributed by atoms with Crippen molar-refractivity contribution < 1.29 is 4.79 Å². The van der Waals surface area contributed by atoms with Crippen molar-refractivity contribution >= 4 is 62.5 Å². The lowest BCUT2D eigenvalue weighted by Crippen LogP contribution is -2.34. The number of hydrogen-bond acceptors (Lipinski definition) is 5. The summed E-state index contributed by atoms with van der Waals surface area (Å²) >= 11 is 6.46. The predicted molar refractivity (Wildman–Crippen MR) is 110 cm³/mol. The number of anilines is 1. The first-order chi connectivity index (χ1) is 12.6. The predicted octanol–water partition coefficient (Wildman–Crippen LogP) is 4.28. The molecule has 7 heteroatoms. The minimum Gasteiger partial charge on any atom is -0.330 e. The number of amides is 1. The van der Waals surface area contributed by atoms with Gasteiger partial charge < -0.3 is 5.32 Å². The Bertz CT molecular complexity index is 1150. The molecule has 0 aliphatic rings. The highest BCUT2D eigenvalue weighted by Gasteiger charge is 2.13. The third-order valence-corrected chi connectivity index (χ3v) is 4.86. The smallest absolute Gasteiger partial charge is 0.257 e. The molecule has 1 heterocycles. The van der Waals surface area contributed by atoms with E-state index < -0.39 is 0 Å². The quantitative estimate of drug-likeness (QED) is 0.510. The fraction of sp³-hybridized carbons (Fsp3) is 0.0526. The molecule has 0 unspecified atom stereocenters. The first-order valence-corrected chi connectivity index (χ1v) is 9.09. The molecule has 0 radical (unpaired) electrons. The third-order valence-electron chi connectivity index (χ3n) is 4.11. The topological polar surface area (TPSA) is 66.9 Å². The van der Waals surface area contributed by atoms with Crippen LogP contribution in [0.2, 0.25) is 0 Å². The van der Waals surface area contributed by atoms with Crippen LogP contribution in [-0.4, -0.2) is 19.8 Å². The fourth-order valence-corrected chi connectivity index (χ4v) is 3.50. The Labute approximate surface area is 159 Å². The van der Waals surface area contributed by atoms with Gasteiger partial charge in [0.2, 0.25) is 0 Å². The molecule has 1 amide bonds. The number of rotatable bonds is 2. The molecular weight excluding hydrogens is 364 g/mol. The van der Waals surface area contributed by atoms with E-state index >= 15 is 0 Å². The maximum absolute atomic E-state index is 12.5. The zero-order valence-corrected chi connectivity index (χ0v) is 15.4. The Hall–Kier alpha value is -2.90. The van der Waals surface area contributed by atoms with Gasteiger partial charge in [-0.2, -0.15) is 8.75 Å². The van der Waals surface area contributed by atoms with Gasteiger partial charge in [0.25, 0.3) is 5.91 Å². The lowest BCUT2D eigenvalue weighted by atomic mass is 10.1. The maximum atomic E-state index is 12.5. The van der Waals surface area contributed by atoms with Crippen molar-refractivity contribution in [2.45, 2.75) is 6.92 Å². The van der Waals surface area contributed by atoms with Crippen molar-refractivity contribution in [3.05, 3.63) is 65.7 Å². The number of aryl methyl sites for hydroxylation is 1. The summed E-state index contributed by atoms with van der Waals surface area (Å²) in [5.41, 5.74) is 3.84. The molecule has 0 saturated heterocycles. The van der Waals surface area contributed by atoms with E-state index in [1.54, 1.807) is 6.07 Å². The number of carbonyl (C=O) groups is 1. The zero-order valence-electron chi connectivity index (χ0n) is 13.8. The second kappa shape index (κ2) is 6.78. The van der Waals surface area contributed by atoms with Gasteiger partial charge >= 0.3 is 0 Å². The van der Waals surface area contributed by atoms with Crippen LogP contribution in [0.3, 0.4) is 0 Å². The van der Waals surface area contributed by atoms with E-state index in [1.165, 1.54) is 0 Å². The summed E-state index contributed by atoms with van der Waals surface area (Å²) in [4.78, 5) is 12.5. The lowest BCUT2D eigenvalue weighted by Gasteiger charge is -2.12. The van der Waals surface area contributed by atoms with Crippen LogP contribution in [0, 0.1) is 6.92 Å². The van der Waals surface area contributed by atoms with Crippen LogP contribution in [0.1, 0.15) is 15.9 Å². The van der Waals surface area contributed by atoms with Crippen molar-refractivity contribution in [3.8, 4) is 0 Å². The van der Waals surface area contributed by atoms with Gasteiger partial charge in [0.05, 0.1) is 17.4 Å². The lowest BCUT2D eigenvalue weighted by molar-refractivity contribution is 0.0978. The monoisotopic (exact) mass is 378 g/mol. The Morgan fingerprint density at radius 2 is 1.85 bits per heavy atom. The van der Waals surface area contributed by atoms with Gasteiger partial charge in [-0.3, -0.25) is 10.1 Å². The molecule has 128 valence electrons. The Morgan fingerprint density at radius 3 is 2.69 bits per heavy atom. The van der Waals surface area contributed by atoms with Gasteiger partial charge in [-0.05, 0) is 53.7 Å². The van der Waals surface area contributed by atoms with Crippen molar-refractivity contribution in [1.82, 2.24) is 14.1 Å². The largest absolute Gasteiger partial charge is 0.330 e. The number of aromatic nitrogens is 2. The summed E-state index contributed by atoms with van der Waals surface area (Å²) in [5, 5.41) is 8.13. The van der Waals surface area contributed by atoms with Gasteiger partial charge in [-0.15, -0.1) is 0 Å². The van der Waals surface area contributed by atoms with Crippen molar-refractivity contribution in [2.24, 2.45) is 0 Å². The number of carbonyl (C=O) groups excluding carboxylic acids is 1. The average molecular weight is 378 g/mol. The number of thiocarbonyl (C=S) groups is 1. The van der Waals surface area contributed by atoms with E-state index in [9.17, 15) is 4.79 Å². The highest BCUT2D eigenvalue weighted by molar-refractivity contribution is 7.80. The van der Waals surface area contributed by atoms with Crippen LogP contribution in [0.15, 0.2) is 54.6 Å². The first kappa shape index (κ1) is 16.6. The number of hydrogen-bond donors (Lipinski definition) is 2. The molecule has 26 heavy (non-hydrogen) atoms. The Balaban J connectivity index is 1.54. The molecular formula is C19H14N4OS2. The van der Waals surface area contributed by atoms with Crippen LogP contribution in [0.4, 0.5) is 5.69 Å². The molecule has 4 rings (SSSR count). The standard InChI is InChI=1S/C19H14N4OS2/c1-11-6-9-15-17(23-26-22-15)16(11)20-19(25)21-18(24)14-8-7-12-4-2-3-5-13(12)10-14/h2-10H,1H3,(H2,20,21,24,25). The van der Waals surface area contributed by atoms with E-state index in [0.29, 0.717) is 5.56 Å². The van der Waals surface area contributed by atoms with E-state index in [4.69, 9.17) is 12.2 Å². The van der Waals surface area contributed by atoms with E-state index in [-0.39, 0.29) is 11.0 Å². The van der Waals surface area contributed by atoms with Crippen molar-refractivity contribution in [1.29, 1.82) is 0 Å². The van der Waals surface area contributed by atoms with Crippen LogP contribution in [0.5, 0.6) is 0 Å². The van der Waals surface area contributed by atoms with Crippen molar-refractivity contribution in [3.63, 3.8) is 0 Å². The van der Waals surface area contributed by atoms with Gasteiger partial charge in [-0.1, -0.05) is 36.4 Å². The van der Waals surface area contributed by atoms with Crippen LogP contribution < -0.4 is 10.6 Å². The summed E-state index contributed by atoms with van der Waals surface area (Å²) in [6.07, 6.45) is 0. The molecule has 0 fully saturated rings. The Morgan fingerprint density at radius 1 is 1.04 bits per heavy atom.